The minimum Gasteiger partial charge on any atom is -0.462 e. The van der Waals surface area contributed by atoms with Gasteiger partial charge in [0.1, 0.15) is 13.2 Å². The fourth-order valence-corrected chi connectivity index (χ4v) is 7.51. The summed E-state index contributed by atoms with van der Waals surface area (Å²) in [6.07, 6.45) is 87.9. The van der Waals surface area contributed by atoms with E-state index < -0.39 is 6.10 Å². The molecule has 0 aromatic carbocycles. The molecule has 0 aromatic heterocycles. The molecule has 414 valence electrons. The van der Waals surface area contributed by atoms with Gasteiger partial charge in [-0.2, -0.15) is 0 Å². The molecule has 74 heavy (non-hydrogen) atoms. The Morgan fingerprint density at radius 3 is 0.946 bits per heavy atom. The second-order valence-electron chi connectivity index (χ2n) is 18.9. The Bertz CT molecular complexity index is 1690. The van der Waals surface area contributed by atoms with Gasteiger partial charge in [0, 0.05) is 19.3 Å². The maximum Gasteiger partial charge on any atom is 0.306 e. The first-order valence-electron chi connectivity index (χ1n) is 29.6. The van der Waals surface area contributed by atoms with Gasteiger partial charge in [-0.1, -0.05) is 256 Å². The van der Waals surface area contributed by atoms with E-state index in [0.717, 1.165) is 161 Å². The minimum absolute atomic E-state index is 0.107. The van der Waals surface area contributed by atoms with Crippen molar-refractivity contribution in [3.05, 3.63) is 158 Å². The van der Waals surface area contributed by atoms with Crippen molar-refractivity contribution in [2.75, 3.05) is 13.2 Å². The van der Waals surface area contributed by atoms with E-state index in [0.29, 0.717) is 19.3 Å². The van der Waals surface area contributed by atoms with E-state index in [9.17, 15) is 14.4 Å². The van der Waals surface area contributed by atoms with Crippen LogP contribution in [-0.2, 0) is 28.6 Å². The average Bonchev–Trinajstić information content (AvgIpc) is 3.40. The monoisotopic (exact) mass is 1020 g/mol. The number of rotatable bonds is 51. The van der Waals surface area contributed by atoms with Crippen molar-refractivity contribution >= 4 is 17.9 Å². The van der Waals surface area contributed by atoms with E-state index in [-0.39, 0.29) is 31.1 Å². The van der Waals surface area contributed by atoms with Crippen LogP contribution in [-0.4, -0.2) is 37.2 Å². The molecule has 0 aliphatic carbocycles. The number of esters is 3. The van der Waals surface area contributed by atoms with Gasteiger partial charge in [0.15, 0.2) is 6.10 Å². The molecule has 0 bridgehead atoms. The van der Waals surface area contributed by atoms with Gasteiger partial charge in [0.25, 0.3) is 0 Å². The van der Waals surface area contributed by atoms with Crippen molar-refractivity contribution in [3.63, 3.8) is 0 Å². The van der Waals surface area contributed by atoms with Crippen LogP contribution in [0.2, 0.25) is 0 Å². The predicted molar refractivity (Wildman–Crippen MR) is 320 cm³/mol. The molecule has 0 aliphatic rings. The lowest BCUT2D eigenvalue weighted by atomic mass is 10.1. The van der Waals surface area contributed by atoms with Gasteiger partial charge in [-0.25, -0.2) is 0 Å². The number of carbonyl (C=O) groups excluding carboxylic acids is 3. The van der Waals surface area contributed by atoms with Gasteiger partial charge in [-0.15, -0.1) is 0 Å². The zero-order valence-electron chi connectivity index (χ0n) is 47.3. The molecule has 0 rings (SSSR count). The number of hydrogen-bond acceptors (Lipinski definition) is 6. The predicted octanol–water partition coefficient (Wildman–Crippen LogP) is 20.1. The van der Waals surface area contributed by atoms with Gasteiger partial charge in [-0.3, -0.25) is 14.4 Å². The Morgan fingerprint density at radius 2 is 0.581 bits per heavy atom. The summed E-state index contributed by atoms with van der Waals surface area (Å²) in [4.78, 5) is 38.3. The summed E-state index contributed by atoms with van der Waals surface area (Å²) in [6.45, 7) is 6.27. The van der Waals surface area contributed by atoms with Crippen LogP contribution in [0.4, 0.5) is 0 Å². The van der Waals surface area contributed by atoms with Crippen molar-refractivity contribution < 1.29 is 28.6 Å². The Balaban J connectivity index is 4.54. The summed E-state index contributed by atoms with van der Waals surface area (Å²) in [7, 11) is 0. The lowest BCUT2D eigenvalue weighted by Gasteiger charge is -2.18. The van der Waals surface area contributed by atoms with Crippen molar-refractivity contribution in [2.24, 2.45) is 0 Å². The molecule has 0 spiro atoms. The largest absolute Gasteiger partial charge is 0.462 e. The third-order valence-electron chi connectivity index (χ3n) is 11.9. The topological polar surface area (TPSA) is 78.9 Å². The van der Waals surface area contributed by atoms with Crippen LogP contribution in [0.25, 0.3) is 0 Å². The molecule has 1 atom stereocenters. The van der Waals surface area contributed by atoms with Crippen molar-refractivity contribution in [3.8, 4) is 0 Å². The Hall–Kier alpha value is -4.97. The van der Waals surface area contributed by atoms with Crippen LogP contribution in [0.5, 0.6) is 0 Å². The highest BCUT2D eigenvalue weighted by molar-refractivity contribution is 5.71. The smallest absolute Gasteiger partial charge is 0.306 e. The maximum absolute atomic E-state index is 12.9. The van der Waals surface area contributed by atoms with Crippen molar-refractivity contribution in [1.82, 2.24) is 0 Å². The molecule has 6 nitrogen and oxygen atoms in total. The minimum atomic E-state index is -0.813. The lowest BCUT2D eigenvalue weighted by molar-refractivity contribution is -0.167. The normalized spacial score (nSPS) is 13.3. The van der Waals surface area contributed by atoms with E-state index >= 15 is 0 Å². The molecule has 0 fully saturated rings. The van der Waals surface area contributed by atoms with Gasteiger partial charge in [0.05, 0.1) is 0 Å². The average molecular weight is 1020 g/mol. The molecule has 0 aliphatic heterocycles. The summed E-state index contributed by atoms with van der Waals surface area (Å²) >= 11 is 0. The fourth-order valence-electron chi connectivity index (χ4n) is 7.51. The van der Waals surface area contributed by atoms with E-state index in [2.05, 4.69) is 154 Å². The Kier molecular flexibility index (Phi) is 56.5. The first-order chi connectivity index (χ1) is 36.5. The maximum atomic E-state index is 12.9. The molecular weight excluding hydrogens is 913 g/mol. The van der Waals surface area contributed by atoms with Crippen LogP contribution in [0.3, 0.4) is 0 Å². The summed E-state index contributed by atoms with van der Waals surface area (Å²) in [5, 5.41) is 0. The molecule has 0 amide bonds. The summed E-state index contributed by atoms with van der Waals surface area (Å²) in [6, 6.07) is 0. The number of hydrogen-bond donors (Lipinski definition) is 0. The third-order valence-corrected chi connectivity index (χ3v) is 11.9. The fraction of sp³-hybridized carbons (Fsp3) is 0.574. The van der Waals surface area contributed by atoms with E-state index in [1.165, 1.54) is 32.1 Å². The van der Waals surface area contributed by atoms with Crippen LogP contribution in [0.15, 0.2) is 158 Å². The van der Waals surface area contributed by atoms with E-state index in [1.54, 1.807) is 0 Å². The molecular formula is C68H106O6. The highest BCUT2D eigenvalue weighted by Gasteiger charge is 2.19. The molecule has 0 heterocycles. The molecule has 1 unspecified atom stereocenters. The molecule has 0 N–H and O–H groups in total. The molecule has 0 aromatic rings. The zero-order valence-corrected chi connectivity index (χ0v) is 47.3. The standard InChI is InChI=1S/C68H106O6/c1-4-7-10-13-16-19-22-25-28-31-34-37-40-43-46-49-52-55-58-61-67(70)73-64-65(63-72-66(69)60-57-54-51-48-45-42-39-36-33-30-27-24-21-18-15-12-9-6-3)74-68(71)62-59-56-53-50-47-44-41-38-35-32-29-26-23-20-17-14-11-8-5-2/h7-8,10-12,15-21,24-30,33-39,65H,4-6,9,13-14,22-23,31-32,40-64H2,1-3H3/b10-7-,11-8-,15-12-,19-16-,20-17-,21-18-,27-24-,28-25-,29-26-,33-30-,37-34-,38-35-,39-36-. The SMILES string of the molecule is CC/C=C\C/C=C\C/C=C\C/C=C\CCCCCCCCC(=O)OCC(COC(=O)CCCCCCC\C=C/C=C\C=C/C=C\C=C/CCC)OC(=O)CCCCCCCC/C=C\C/C=C\C/C=C\C/C=C\CC. The van der Waals surface area contributed by atoms with Gasteiger partial charge >= 0.3 is 17.9 Å². The summed E-state index contributed by atoms with van der Waals surface area (Å²) < 4.78 is 16.9. The highest BCUT2D eigenvalue weighted by atomic mass is 16.6. The highest BCUT2D eigenvalue weighted by Crippen LogP contribution is 2.14. The second-order valence-corrected chi connectivity index (χ2v) is 18.9. The number of allylic oxidation sites excluding steroid dienone is 26. The van der Waals surface area contributed by atoms with E-state index in [4.69, 9.17) is 14.2 Å². The molecule has 0 saturated carbocycles. The number of ether oxygens (including phenoxy) is 3. The Morgan fingerprint density at radius 1 is 0.297 bits per heavy atom. The lowest BCUT2D eigenvalue weighted by Crippen LogP contribution is -2.30. The second kappa shape index (κ2) is 60.6. The van der Waals surface area contributed by atoms with Gasteiger partial charge in [0.2, 0.25) is 0 Å². The summed E-state index contributed by atoms with van der Waals surface area (Å²) in [5.41, 5.74) is 0. The third kappa shape index (κ3) is 57.9. The van der Waals surface area contributed by atoms with Crippen LogP contribution >= 0.6 is 0 Å². The summed E-state index contributed by atoms with van der Waals surface area (Å²) in [5.74, 6) is -0.965. The quantitative estimate of drug-likeness (QED) is 0.0199. The molecule has 0 radical (unpaired) electrons. The van der Waals surface area contributed by atoms with Crippen molar-refractivity contribution in [1.29, 1.82) is 0 Å². The molecule has 0 saturated heterocycles. The number of carbonyl (C=O) groups is 3. The molecule has 6 heteroatoms. The first kappa shape index (κ1) is 69.0. The van der Waals surface area contributed by atoms with Crippen LogP contribution in [0.1, 0.15) is 233 Å². The van der Waals surface area contributed by atoms with E-state index in [1.807, 2.05) is 24.3 Å². The number of unbranched alkanes of at least 4 members (excludes halogenated alkanes) is 18. The van der Waals surface area contributed by atoms with Gasteiger partial charge < -0.3 is 14.2 Å². The zero-order chi connectivity index (χ0) is 53.6. The van der Waals surface area contributed by atoms with Crippen molar-refractivity contribution in [2.45, 2.75) is 239 Å². The Labute approximate surface area is 454 Å². The van der Waals surface area contributed by atoms with Crippen LogP contribution in [0, 0.1) is 0 Å². The van der Waals surface area contributed by atoms with Crippen LogP contribution < -0.4 is 0 Å². The first-order valence-corrected chi connectivity index (χ1v) is 29.6. The van der Waals surface area contributed by atoms with Gasteiger partial charge in [-0.05, 0) is 116 Å².